The average Bonchev–Trinajstić information content (AvgIpc) is 3.55. The van der Waals surface area contributed by atoms with E-state index in [2.05, 4.69) is 47.3 Å². The first-order valence-electron chi connectivity index (χ1n) is 14.3. The molecule has 1 aliphatic carbocycles. The molecule has 0 saturated carbocycles. The van der Waals surface area contributed by atoms with Crippen molar-refractivity contribution in [3.63, 3.8) is 0 Å². The smallest absolute Gasteiger partial charge is 0.304 e. The maximum Gasteiger partial charge on any atom is 0.304 e. The number of carboxylic acids is 1. The van der Waals surface area contributed by atoms with Gasteiger partial charge < -0.3 is 9.84 Å². The summed E-state index contributed by atoms with van der Waals surface area (Å²) < 4.78 is 8.13. The number of hydrogen-bond acceptors (Lipinski definition) is 6. The van der Waals surface area contributed by atoms with Crippen molar-refractivity contribution in [2.45, 2.75) is 77.5 Å². The second kappa shape index (κ2) is 10.7. The number of pyridine rings is 1. The van der Waals surface area contributed by atoms with Crippen molar-refractivity contribution in [2.75, 3.05) is 6.54 Å². The Hall–Kier alpha value is -3.78. The van der Waals surface area contributed by atoms with Gasteiger partial charge in [-0.1, -0.05) is 30.3 Å². The summed E-state index contributed by atoms with van der Waals surface area (Å²) in [4.78, 5) is 19.4. The Balaban J connectivity index is 1.42. The largest absolute Gasteiger partial charge is 0.487 e. The molecule has 8 nitrogen and oxygen atoms in total. The van der Waals surface area contributed by atoms with Gasteiger partial charge in [0.15, 0.2) is 0 Å². The van der Waals surface area contributed by atoms with Crippen LogP contribution in [0.15, 0.2) is 42.6 Å². The van der Waals surface area contributed by atoms with E-state index < -0.39 is 5.97 Å². The van der Waals surface area contributed by atoms with Gasteiger partial charge in [-0.05, 0) is 91.1 Å². The Morgan fingerprint density at radius 2 is 2.08 bits per heavy atom. The maximum atomic E-state index is 12.2. The molecule has 3 atom stereocenters. The Morgan fingerprint density at radius 1 is 1.23 bits per heavy atom. The van der Waals surface area contributed by atoms with E-state index >= 15 is 0 Å². The molecule has 1 aliphatic heterocycles. The minimum Gasteiger partial charge on any atom is -0.487 e. The molecule has 3 heterocycles. The van der Waals surface area contributed by atoms with E-state index in [1.807, 2.05) is 38.4 Å². The zero-order chi connectivity index (χ0) is 28.0. The molecule has 6 rings (SSSR count). The molecular formula is C32H37N5O3. The highest BCUT2D eigenvalue weighted by Gasteiger charge is 2.31. The third-order valence-corrected chi connectivity index (χ3v) is 8.87. The van der Waals surface area contributed by atoms with Crippen LogP contribution in [0, 0.1) is 6.92 Å². The van der Waals surface area contributed by atoms with E-state index in [4.69, 9.17) is 9.72 Å². The molecule has 208 valence electrons. The van der Waals surface area contributed by atoms with E-state index in [9.17, 15) is 9.90 Å². The summed E-state index contributed by atoms with van der Waals surface area (Å²) in [6, 6.07) is 12.7. The molecule has 0 amide bonds. The summed E-state index contributed by atoms with van der Waals surface area (Å²) in [5.74, 6) is -0.207. The molecule has 4 aromatic rings. The Kier molecular flexibility index (Phi) is 7.04. The number of aliphatic carboxylic acids is 1. The number of aryl methyl sites for hydroxylation is 3. The zero-order valence-electron chi connectivity index (χ0n) is 23.7. The molecule has 2 aliphatic rings. The molecule has 40 heavy (non-hydrogen) atoms. The van der Waals surface area contributed by atoms with Crippen molar-refractivity contribution in [1.82, 2.24) is 24.9 Å². The molecule has 1 unspecified atom stereocenters. The van der Waals surface area contributed by atoms with Crippen LogP contribution in [0.1, 0.15) is 84.1 Å². The third-order valence-electron chi connectivity index (χ3n) is 8.87. The Morgan fingerprint density at radius 3 is 2.88 bits per heavy atom. The van der Waals surface area contributed by atoms with Gasteiger partial charge in [0.1, 0.15) is 17.4 Å². The van der Waals surface area contributed by atoms with Gasteiger partial charge in [-0.3, -0.25) is 14.7 Å². The van der Waals surface area contributed by atoms with Gasteiger partial charge in [0.25, 0.3) is 0 Å². The van der Waals surface area contributed by atoms with Crippen LogP contribution in [-0.2, 0) is 31.2 Å². The number of benzene rings is 2. The number of carboxylic acid groups (broad SMARTS) is 1. The lowest BCUT2D eigenvalue weighted by molar-refractivity contribution is -0.137. The predicted molar refractivity (Wildman–Crippen MR) is 154 cm³/mol. The van der Waals surface area contributed by atoms with E-state index in [1.54, 1.807) is 4.68 Å². The quantitative estimate of drug-likeness (QED) is 0.331. The standard InChI is InChI=1S/C32H37N5O3/c1-5-24-18-37(20(3)32-29(40-24)10-7-13-33-32)17-23-15-22(14-21-8-6-9-26(21)23)27(16-30(38)39)25-11-12-28-31(19(25)2)34-35-36(28)4/h7,10-15,20,24,27H,5-6,8-9,16-18H2,1-4H3,(H,38,39)/t20-,24+,27?/m0/s1. The van der Waals surface area contributed by atoms with Crippen molar-refractivity contribution >= 4 is 17.0 Å². The van der Waals surface area contributed by atoms with Gasteiger partial charge in [0, 0.05) is 32.3 Å². The van der Waals surface area contributed by atoms with Gasteiger partial charge in [-0.15, -0.1) is 5.10 Å². The van der Waals surface area contributed by atoms with Crippen molar-refractivity contribution in [1.29, 1.82) is 0 Å². The van der Waals surface area contributed by atoms with Gasteiger partial charge in [-0.25, -0.2) is 4.68 Å². The Labute approximate surface area is 235 Å². The number of carbonyl (C=O) groups is 1. The van der Waals surface area contributed by atoms with Crippen molar-refractivity contribution in [3.8, 4) is 5.75 Å². The number of ether oxygens (including phenoxy) is 1. The van der Waals surface area contributed by atoms with Crippen LogP contribution in [0.4, 0.5) is 0 Å². The van der Waals surface area contributed by atoms with Gasteiger partial charge >= 0.3 is 5.97 Å². The lowest BCUT2D eigenvalue weighted by Gasteiger charge is -2.30. The molecule has 8 heteroatoms. The van der Waals surface area contributed by atoms with E-state index in [0.29, 0.717) is 0 Å². The molecule has 0 spiro atoms. The fourth-order valence-corrected chi connectivity index (χ4v) is 6.63. The van der Waals surface area contributed by atoms with E-state index in [1.165, 1.54) is 16.7 Å². The van der Waals surface area contributed by atoms with E-state index in [-0.39, 0.29) is 24.5 Å². The fraction of sp³-hybridized carbons (Fsp3) is 0.438. The molecule has 0 fully saturated rings. The Bertz CT molecular complexity index is 1580. The number of rotatable bonds is 7. The summed E-state index contributed by atoms with van der Waals surface area (Å²) >= 11 is 0. The van der Waals surface area contributed by atoms with Crippen LogP contribution < -0.4 is 4.74 Å². The minimum absolute atomic E-state index is 0.0218. The zero-order valence-corrected chi connectivity index (χ0v) is 23.7. The average molecular weight is 540 g/mol. The first-order chi connectivity index (χ1) is 19.3. The van der Waals surface area contributed by atoms with Gasteiger partial charge in [0.05, 0.1) is 23.7 Å². The first-order valence-corrected chi connectivity index (χ1v) is 14.3. The predicted octanol–water partition coefficient (Wildman–Crippen LogP) is 5.50. The lowest BCUT2D eigenvalue weighted by Crippen LogP contribution is -2.34. The van der Waals surface area contributed by atoms with Crippen LogP contribution in [0.25, 0.3) is 11.0 Å². The molecule has 1 N–H and O–H groups in total. The second-order valence-electron chi connectivity index (χ2n) is 11.3. The van der Waals surface area contributed by atoms with Crippen molar-refractivity contribution < 1.29 is 14.6 Å². The molecule has 0 saturated heterocycles. The third kappa shape index (κ3) is 4.74. The number of fused-ring (bicyclic) bond motifs is 3. The molecule has 2 aromatic heterocycles. The summed E-state index contributed by atoms with van der Waals surface area (Å²) in [5, 5.41) is 18.6. The fourth-order valence-electron chi connectivity index (χ4n) is 6.63. The lowest BCUT2D eigenvalue weighted by atomic mass is 9.83. The topological polar surface area (TPSA) is 93.4 Å². The van der Waals surface area contributed by atoms with Crippen LogP contribution in [-0.4, -0.2) is 48.6 Å². The number of aromatic nitrogens is 4. The van der Waals surface area contributed by atoms with Crippen LogP contribution in [0.5, 0.6) is 5.75 Å². The molecule has 0 radical (unpaired) electrons. The first kappa shape index (κ1) is 26.4. The highest BCUT2D eigenvalue weighted by molar-refractivity contribution is 5.80. The van der Waals surface area contributed by atoms with Crippen LogP contribution in [0.3, 0.4) is 0 Å². The normalized spacial score (nSPS) is 19.6. The molecule has 2 aromatic carbocycles. The van der Waals surface area contributed by atoms with Crippen molar-refractivity contribution in [3.05, 3.63) is 81.7 Å². The van der Waals surface area contributed by atoms with Crippen LogP contribution >= 0.6 is 0 Å². The van der Waals surface area contributed by atoms with E-state index in [0.717, 1.165) is 77.9 Å². The maximum absolute atomic E-state index is 12.2. The highest BCUT2D eigenvalue weighted by Crippen LogP contribution is 2.39. The summed E-state index contributed by atoms with van der Waals surface area (Å²) in [7, 11) is 1.88. The summed E-state index contributed by atoms with van der Waals surface area (Å²) in [5.41, 5.74) is 9.87. The monoisotopic (exact) mass is 539 g/mol. The summed E-state index contributed by atoms with van der Waals surface area (Å²) in [6.07, 6.45) is 6.08. The van der Waals surface area contributed by atoms with Gasteiger partial charge in [-0.2, -0.15) is 0 Å². The SMILES string of the molecule is CC[C@@H]1CN(Cc2cc(C(CC(=O)O)c3ccc4c(nnn4C)c3C)cc3c2CCC3)[C@@H](C)c2ncccc2O1. The number of nitrogens with zero attached hydrogens (tertiary/aromatic N) is 5. The second-order valence-corrected chi connectivity index (χ2v) is 11.3. The number of hydrogen-bond donors (Lipinski definition) is 1. The van der Waals surface area contributed by atoms with Gasteiger partial charge in [0.2, 0.25) is 0 Å². The molecule has 0 bridgehead atoms. The summed E-state index contributed by atoms with van der Waals surface area (Å²) in [6.45, 7) is 8.00. The molecular weight excluding hydrogens is 502 g/mol. The minimum atomic E-state index is -0.808. The van der Waals surface area contributed by atoms with Crippen molar-refractivity contribution in [2.24, 2.45) is 7.05 Å². The van der Waals surface area contributed by atoms with Crippen LogP contribution in [0.2, 0.25) is 0 Å². The highest BCUT2D eigenvalue weighted by atomic mass is 16.5.